The van der Waals surface area contributed by atoms with Gasteiger partial charge in [0.1, 0.15) is 23.4 Å². The smallest absolute Gasteiger partial charge is 0.166 e. The normalized spacial score (nSPS) is 14.2. The number of aromatic nitrogens is 10. The molecule has 0 bridgehead atoms. The number of fused-ring (bicyclic) bond motifs is 2. The third-order valence-electron chi connectivity index (χ3n) is 6.13. The first kappa shape index (κ1) is 19.7. The van der Waals surface area contributed by atoms with Crippen LogP contribution in [0.25, 0.3) is 50.7 Å². The Morgan fingerprint density at radius 3 is 2.83 bits per heavy atom. The van der Waals surface area contributed by atoms with Gasteiger partial charge in [-0.1, -0.05) is 0 Å². The molecule has 12 nitrogen and oxygen atoms in total. The highest BCUT2D eigenvalue weighted by Gasteiger charge is 2.25. The van der Waals surface area contributed by atoms with E-state index in [-0.39, 0.29) is 6.04 Å². The molecule has 0 aliphatic carbocycles. The lowest BCUT2D eigenvalue weighted by Gasteiger charge is -2.37. The molecule has 1 saturated heterocycles. The van der Waals surface area contributed by atoms with E-state index in [2.05, 4.69) is 40.0 Å². The highest BCUT2D eigenvalue weighted by atomic mass is 15.3. The van der Waals surface area contributed by atoms with E-state index in [0.717, 1.165) is 52.3 Å². The van der Waals surface area contributed by atoms with Crippen LogP contribution in [0.3, 0.4) is 0 Å². The van der Waals surface area contributed by atoms with Crippen LogP contribution >= 0.6 is 0 Å². The number of pyridine rings is 2. The second-order valence-corrected chi connectivity index (χ2v) is 8.66. The molecule has 0 radical (unpaired) electrons. The zero-order valence-electron chi connectivity index (χ0n) is 18.7. The van der Waals surface area contributed by atoms with Crippen LogP contribution in [0.5, 0.6) is 0 Å². The molecule has 0 amide bonds. The maximum atomic E-state index is 5.92. The van der Waals surface area contributed by atoms with Crippen LogP contribution in [0.2, 0.25) is 0 Å². The first-order chi connectivity index (χ1) is 17.1. The van der Waals surface area contributed by atoms with Gasteiger partial charge in [0.05, 0.1) is 34.7 Å². The zero-order valence-corrected chi connectivity index (χ0v) is 18.7. The van der Waals surface area contributed by atoms with E-state index in [1.807, 2.05) is 29.8 Å². The van der Waals surface area contributed by atoms with E-state index in [9.17, 15) is 0 Å². The molecule has 12 heteroatoms. The summed E-state index contributed by atoms with van der Waals surface area (Å²) in [5, 5.41) is 8.33. The lowest BCUT2D eigenvalue weighted by atomic mass is 10.1. The fourth-order valence-corrected chi connectivity index (χ4v) is 4.33. The Labute approximate surface area is 198 Å². The summed E-state index contributed by atoms with van der Waals surface area (Å²) in [6.45, 7) is 3.50. The summed E-state index contributed by atoms with van der Waals surface area (Å²) in [5.41, 5.74) is 11.3. The third-order valence-corrected chi connectivity index (χ3v) is 6.13. The van der Waals surface area contributed by atoms with Gasteiger partial charge in [-0.05, 0) is 19.1 Å². The third kappa shape index (κ3) is 3.22. The number of anilines is 1. The van der Waals surface area contributed by atoms with Gasteiger partial charge in [-0.15, -0.1) is 0 Å². The predicted molar refractivity (Wildman–Crippen MR) is 130 cm³/mol. The first-order valence-corrected chi connectivity index (χ1v) is 11.2. The van der Waals surface area contributed by atoms with Crippen LogP contribution in [0.1, 0.15) is 5.69 Å². The van der Waals surface area contributed by atoms with Crippen LogP contribution in [0.15, 0.2) is 49.4 Å². The quantitative estimate of drug-likeness (QED) is 0.355. The number of rotatable bonds is 4. The van der Waals surface area contributed by atoms with Crippen LogP contribution < -0.4 is 10.6 Å². The minimum Gasteiger partial charge on any atom is -0.352 e. The maximum Gasteiger partial charge on any atom is 0.166 e. The van der Waals surface area contributed by atoms with Crippen molar-refractivity contribution in [1.29, 1.82) is 0 Å². The Balaban J connectivity index is 1.31. The van der Waals surface area contributed by atoms with E-state index in [4.69, 9.17) is 15.7 Å². The van der Waals surface area contributed by atoms with Crippen LogP contribution in [-0.2, 0) is 0 Å². The molecule has 6 aromatic rings. The van der Waals surface area contributed by atoms with Gasteiger partial charge in [-0.2, -0.15) is 5.10 Å². The van der Waals surface area contributed by atoms with Gasteiger partial charge in [0.15, 0.2) is 17.3 Å². The van der Waals surface area contributed by atoms with Crippen molar-refractivity contribution in [3.8, 4) is 28.6 Å². The van der Waals surface area contributed by atoms with Crippen molar-refractivity contribution < 1.29 is 0 Å². The van der Waals surface area contributed by atoms with Gasteiger partial charge in [0.2, 0.25) is 0 Å². The number of nitrogens with two attached hydrogens (primary N) is 1. The number of hydrogen-bond acceptors (Lipinski definition) is 9. The summed E-state index contributed by atoms with van der Waals surface area (Å²) in [4.78, 5) is 32.8. The SMILES string of the molecule is Cc1cn(-c2nccc3[nH]c(-c4n[nH]c5ncc(-c6cncc(N7CC(N)C7)n6)cc45)nc23)cn1. The summed E-state index contributed by atoms with van der Waals surface area (Å²) >= 11 is 0. The van der Waals surface area contributed by atoms with Crippen molar-refractivity contribution in [2.75, 3.05) is 18.0 Å². The molecule has 1 fully saturated rings. The molecule has 7 heterocycles. The Bertz CT molecular complexity index is 1700. The largest absolute Gasteiger partial charge is 0.352 e. The molecule has 0 unspecified atom stereocenters. The highest BCUT2D eigenvalue weighted by molar-refractivity contribution is 5.94. The molecular formula is C23H20N12. The molecule has 0 spiro atoms. The van der Waals surface area contributed by atoms with Gasteiger partial charge in [0, 0.05) is 43.3 Å². The second kappa shape index (κ2) is 7.40. The minimum absolute atomic E-state index is 0.185. The number of hydrogen-bond donors (Lipinski definition) is 3. The van der Waals surface area contributed by atoms with Crippen molar-refractivity contribution in [3.63, 3.8) is 0 Å². The van der Waals surface area contributed by atoms with Crippen molar-refractivity contribution in [3.05, 3.63) is 55.1 Å². The number of nitrogens with one attached hydrogen (secondary N) is 2. The second-order valence-electron chi connectivity index (χ2n) is 8.66. The van der Waals surface area contributed by atoms with E-state index in [0.29, 0.717) is 23.0 Å². The van der Waals surface area contributed by atoms with Crippen molar-refractivity contribution in [2.24, 2.45) is 5.73 Å². The van der Waals surface area contributed by atoms with Gasteiger partial charge < -0.3 is 15.6 Å². The predicted octanol–water partition coefficient (Wildman–Crippen LogP) is 1.99. The Morgan fingerprint density at radius 2 is 2.00 bits per heavy atom. The van der Waals surface area contributed by atoms with Crippen molar-refractivity contribution in [2.45, 2.75) is 13.0 Å². The maximum absolute atomic E-state index is 5.92. The van der Waals surface area contributed by atoms with E-state index >= 15 is 0 Å². The summed E-state index contributed by atoms with van der Waals surface area (Å²) in [7, 11) is 0. The molecule has 35 heavy (non-hydrogen) atoms. The average Bonchev–Trinajstić information content (AvgIpc) is 3.59. The van der Waals surface area contributed by atoms with E-state index in [1.165, 1.54) is 0 Å². The number of aryl methyl sites for hydroxylation is 1. The fraction of sp³-hybridized carbons (Fsp3) is 0.174. The lowest BCUT2D eigenvalue weighted by molar-refractivity contribution is 0.514. The Hall–Kier alpha value is -4.71. The molecular weight excluding hydrogens is 444 g/mol. The van der Waals surface area contributed by atoms with Gasteiger partial charge in [-0.3, -0.25) is 14.6 Å². The van der Waals surface area contributed by atoms with Crippen molar-refractivity contribution in [1.82, 2.24) is 49.7 Å². The number of H-pyrrole nitrogens is 2. The monoisotopic (exact) mass is 464 g/mol. The molecule has 6 aromatic heterocycles. The topological polar surface area (TPSA) is 156 Å². The molecule has 7 rings (SSSR count). The fourth-order valence-electron chi connectivity index (χ4n) is 4.33. The zero-order chi connectivity index (χ0) is 23.5. The molecule has 4 N–H and O–H groups in total. The van der Waals surface area contributed by atoms with Gasteiger partial charge in [-0.25, -0.2) is 24.9 Å². The van der Waals surface area contributed by atoms with Crippen molar-refractivity contribution >= 4 is 27.9 Å². The van der Waals surface area contributed by atoms with Crippen LogP contribution in [0.4, 0.5) is 5.82 Å². The molecule has 0 aromatic carbocycles. The average molecular weight is 464 g/mol. The molecule has 1 aliphatic rings. The molecule has 0 saturated carbocycles. The Morgan fingerprint density at radius 1 is 1.09 bits per heavy atom. The summed E-state index contributed by atoms with van der Waals surface area (Å²) in [6, 6.07) is 4.08. The summed E-state index contributed by atoms with van der Waals surface area (Å²) in [5.74, 6) is 2.12. The number of aromatic amines is 2. The minimum atomic E-state index is 0.185. The van der Waals surface area contributed by atoms with Crippen LogP contribution in [-0.4, -0.2) is 68.8 Å². The highest BCUT2D eigenvalue weighted by Crippen LogP contribution is 2.30. The molecule has 172 valence electrons. The molecule has 0 atom stereocenters. The first-order valence-electron chi connectivity index (χ1n) is 11.2. The number of imidazole rings is 2. The number of nitrogens with zero attached hydrogens (tertiary/aromatic N) is 9. The Kier molecular flexibility index (Phi) is 4.17. The van der Waals surface area contributed by atoms with Gasteiger partial charge in [0.25, 0.3) is 0 Å². The van der Waals surface area contributed by atoms with Crippen LogP contribution in [0, 0.1) is 6.92 Å². The summed E-state index contributed by atoms with van der Waals surface area (Å²) < 4.78 is 1.86. The van der Waals surface area contributed by atoms with E-state index in [1.54, 1.807) is 31.1 Å². The van der Waals surface area contributed by atoms with Gasteiger partial charge >= 0.3 is 0 Å². The standard InChI is InChI=1S/C23H20N12/c1-12-8-35(11-28-12)23-20-16(2-3-26-23)30-22(31-20)19-15-4-13(5-27-21(15)33-32-19)17-6-25-7-18(29-17)34-9-14(24)10-34/h2-8,11,14H,9-10,24H2,1H3,(H,30,31)(H,27,32,33). The summed E-state index contributed by atoms with van der Waals surface area (Å²) in [6.07, 6.45) is 10.6. The lowest BCUT2D eigenvalue weighted by Crippen LogP contribution is -2.56. The molecule has 1 aliphatic heterocycles. The van der Waals surface area contributed by atoms with E-state index < -0.39 is 0 Å².